The Balaban J connectivity index is 1.92. The molecule has 0 fully saturated rings. The Labute approximate surface area is 130 Å². The van der Waals surface area contributed by atoms with Crippen LogP contribution >= 0.6 is 0 Å². The summed E-state index contributed by atoms with van der Waals surface area (Å²) in [5.41, 5.74) is 1.90. The molecule has 0 bridgehead atoms. The molecule has 0 aliphatic heterocycles. The van der Waals surface area contributed by atoms with Gasteiger partial charge in [-0.1, -0.05) is 48.5 Å². The van der Waals surface area contributed by atoms with Crippen LogP contribution in [0.25, 0.3) is 0 Å². The van der Waals surface area contributed by atoms with Crippen LogP contribution in [0.1, 0.15) is 23.6 Å². The third-order valence-electron chi connectivity index (χ3n) is 3.53. The van der Waals surface area contributed by atoms with Gasteiger partial charge in [0, 0.05) is 6.42 Å². The second-order valence-corrected chi connectivity index (χ2v) is 5.03. The first-order valence-corrected chi connectivity index (χ1v) is 7.31. The first-order chi connectivity index (χ1) is 10.7. The summed E-state index contributed by atoms with van der Waals surface area (Å²) in [6, 6.07) is 16.8. The Morgan fingerprint density at radius 2 is 1.82 bits per heavy atom. The fourth-order valence-corrected chi connectivity index (χ4v) is 2.34. The quantitative estimate of drug-likeness (QED) is 0.826. The van der Waals surface area contributed by atoms with E-state index in [2.05, 4.69) is 5.32 Å². The average Bonchev–Trinajstić information content (AvgIpc) is 2.58. The van der Waals surface area contributed by atoms with Gasteiger partial charge in [-0.2, -0.15) is 0 Å². The van der Waals surface area contributed by atoms with Crippen LogP contribution in [0.5, 0.6) is 5.75 Å². The molecule has 116 valence electrons. The van der Waals surface area contributed by atoms with Crippen LogP contribution in [0.4, 0.5) is 0 Å². The maximum absolute atomic E-state index is 12.1. The number of carbonyl (C=O) groups is 1. The molecule has 4 nitrogen and oxygen atoms in total. The van der Waals surface area contributed by atoms with Gasteiger partial charge in [0.1, 0.15) is 5.75 Å². The third kappa shape index (κ3) is 4.33. The molecule has 2 rings (SSSR count). The Bertz CT molecular complexity index is 598. The standard InChI is InChI=1S/C18H21NO3/c1-22-17-10-6-5-9-15(17)11-12-18(21)19-16(13-20)14-7-3-2-4-8-14/h2-10,16,20H,11-13H2,1H3,(H,19,21). The third-order valence-corrected chi connectivity index (χ3v) is 3.53. The number of ether oxygens (including phenoxy) is 1. The van der Waals surface area contributed by atoms with Gasteiger partial charge in [-0.15, -0.1) is 0 Å². The smallest absolute Gasteiger partial charge is 0.220 e. The summed E-state index contributed by atoms with van der Waals surface area (Å²) in [4.78, 5) is 12.1. The largest absolute Gasteiger partial charge is 0.496 e. The molecule has 0 saturated heterocycles. The lowest BCUT2D eigenvalue weighted by molar-refractivity contribution is -0.122. The van der Waals surface area contributed by atoms with Crippen LogP contribution in [0, 0.1) is 0 Å². The van der Waals surface area contributed by atoms with Crippen molar-refractivity contribution in [3.63, 3.8) is 0 Å². The van der Waals surface area contributed by atoms with E-state index in [1.54, 1.807) is 7.11 Å². The summed E-state index contributed by atoms with van der Waals surface area (Å²) in [5.74, 6) is 0.700. The van der Waals surface area contributed by atoms with Crippen molar-refractivity contribution >= 4 is 5.91 Å². The predicted octanol–water partition coefficient (Wildman–Crippen LogP) is 2.48. The number of aliphatic hydroxyl groups is 1. The first kappa shape index (κ1) is 16.0. The number of rotatable bonds is 7. The Kier molecular flexibility index (Phi) is 5.98. The molecular weight excluding hydrogens is 278 g/mol. The van der Waals surface area contributed by atoms with Crippen LogP contribution in [0.15, 0.2) is 54.6 Å². The number of amides is 1. The van der Waals surface area contributed by atoms with E-state index in [0.717, 1.165) is 16.9 Å². The second-order valence-electron chi connectivity index (χ2n) is 5.03. The highest BCUT2D eigenvalue weighted by Gasteiger charge is 2.13. The molecule has 0 saturated carbocycles. The molecule has 1 amide bonds. The molecule has 1 atom stereocenters. The van der Waals surface area contributed by atoms with Crippen molar-refractivity contribution in [1.82, 2.24) is 5.32 Å². The molecule has 0 aliphatic carbocycles. The maximum Gasteiger partial charge on any atom is 0.220 e. The van der Waals surface area contributed by atoms with Gasteiger partial charge in [0.05, 0.1) is 19.8 Å². The van der Waals surface area contributed by atoms with Crippen molar-refractivity contribution in [1.29, 1.82) is 0 Å². The normalized spacial score (nSPS) is 11.7. The van der Waals surface area contributed by atoms with E-state index in [1.807, 2.05) is 54.6 Å². The topological polar surface area (TPSA) is 58.6 Å². The predicted molar refractivity (Wildman–Crippen MR) is 85.7 cm³/mol. The molecule has 2 aromatic carbocycles. The molecule has 4 heteroatoms. The number of methoxy groups -OCH3 is 1. The van der Waals surface area contributed by atoms with Gasteiger partial charge in [0.25, 0.3) is 0 Å². The van der Waals surface area contributed by atoms with E-state index in [0.29, 0.717) is 12.8 Å². The van der Waals surface area contributed by atoms with E-state index >= 15 is 0 Å². The summed E-state index contributed by atoms with van der Waals surface area (Å²) < 4.78 is 5.28. The lowest BCUT2D eigenvalue weighted by Gasteiger charge is -2.17. The number of benzene rings is 2. The van der Waals surface area contributed by atoms with Crippen molar-refractivity contribution in [2.24, 2.45) is 0 Å². The van der Waals surface area contributed by atoms with Gasteiger partial charge in [-0.25, -0.2) is 0 Å². The second kappa shape index (κ2) is 8.20. The zero-order valence-electron chi connectivity index (χ0n) is 12.7. The lowest BCUT2D eigenvalue weighted by Crippen LogP contribution is -2.30. The number of carbonyl (C=O) groups excluding carboxylic acids is 1. The minimum absolute atomic E-state index is 0.0891. The SMILES string of the molecule is COc1ccccc1CCC(=O)NC(CO)c1ccccc1. The fourth-order valence-electron chi connectivity index (χ4n) is 2.34. The summed E-state index contributed by atoms with van der Waals surface area (Å²) in [7, 11) is 1.62. The highest BCUT2D eigenvalue weighted by Crippen LogP contribution is 2.19. The number of aliphatic hydroxyl groups excluding tert-OH is 1. The van der Waals surface area contributed by atoms with E-state index in [4.69, 9.17) is 4.74 Å². The molecular formula is C18H21NO3. The van der Waals surface area contributed by atoms with Gasteiger partial charge in [-0.3, -0.25) is 4.79 Å². The molecule has 2 N–H and O–H groups in total. The summed E-state index contributed by atoms with van der Waals surface area (Å²) in [5, 5.41) is 12.3. The van der Waals surface area contributed by atoms with Crippen LogP contribution < -0.4 is 10.1 Å². The van der Waals surface area contributed by atoms with Crippen LogP contribution in [0.2, 0.25) is 0 Å². The highest BCUT2D eigenvalue weighted by molar-refractivity contribution is 5.76. The van der Waals surface area contributed by atoms with Crippen molar-refractivity contribution in [2.75, 3.05) is 13.7 Å². The minimum atomic E-state index is -0.369. The number of nitrogens with one attached hydrogen (secondary N) is 1. The van der Waals surface area contributed by atoms with Crippen LogP contribution in [-0.4, -0.2) is 24.7 Å². The van der Waals surface area contributed by atoms with Crippen LogP contribution in [-0.2, 0) is 11.2 Å². The summed E-state index contributed by atoms with van der Waals surface area (Å²) in [6.45, 7) is -0.121. The van der Waals surface area contributed by atoms with Gasteiger partial charge in [-0.05, 0) is 23.6 Å². The lowest BCUT2D eigenvalue weighted by atomic mass is 10.1. The van der Waals surface area contributed by atoms with Gasteiger partial charge in [0.15, 0.2) is 0 Å². The molecule has 22 heavy (non-hydrogen) atoms. The zero-order valence-corrected chi connectivity index (χ0v) is 12.7. The Morgan fingerprint density at radius 1 is 1.14 bits per heavy atom. The number of hydrogen-bond acceptors (Lipinski definition) is 3. The molecule has 1 unspecified atom stereocenters. The number of para-hydroxylation sites is 1. The van der Waals surface area contributed by atoms with Crippen molar-refractivity contribution in [3.05, 3.63) is 65.7 Å². The van der Waals surface area contributed by atoms with Crippen molar-refractivity contribution in [2.45, 2.75) is 18.9 Å². The van der Waals surface area contributed by atoms with Gasteiger partial charge >= 0.3 is 0 Å². The monoisotopic (exact) mass is 299 g/mol. The summed E-state index contributed by atoms with van der Waals surface area (Å²) >= 11 is 0. The molecule has 0 spiro atoms. The zero-order chi connectivity index (χ0) is 15.8. The maximum atomic E-state index is 12.1. The number of aryl methyl sites for hydroxylation is 1. The van der Waals surface area contributed by atoms with E-state index in [1.165, 1.54) is 0 Å². The van der Waals surface area contributed by atoms with Gasteiger partial charge in [0.2, 0.25) is 5.91 Å². The van der Waals surface area contributed by atoms with Crippen LogP contribution in [0.3, 0.4) is 0 Å². The van der Waals surface area contributed by atoms with E-state index in [-0.39, 0.29) is 18.6 Å². The fraction of sp³-hybridized carbons (Fsp3) is 0.278. The Hall–Kier alpha value is -2.33. The average molecular weight is 299 g/mol. The number of hydrogen-bond donors (Lipinski definition) is 2. The highest BCUT2D eigenvalue weighted by atomic mass is 16.5. The minimum Gasteiger partial charge on any atom is -0.496 e. The first-order valence-electron chi connectivity index (χ1n) is 7.31. The Morgan fingerprint density at radius 3 is 2.50 bits per heavy atom. The van der Waals surface area contributed by atoms with E-state index < -0.39 is 0 Å². The molecule has 0 radical (unpaired) electrons. The van der Waals surface area contributed by atoms with E-state index in [9.17, 15) is 9.90 Å². The molecule has 0 heterocycles. The molecule has 0 aromatic heterocycles. The van der Waals surface area contributed by atoms with Crippen molar-refractivity contribution in [3.8, 4) is 5.75 Å². The van der Waals surface area contributed by atoms with Gasteiger partial charge < -0.3 is 15.2 Å². The van der Waals surface area contributed by atoms with Crippen molar-refractivity contribution < 1.29 is 14.6 Å². The molecule has 0 aliphatic rings. The summed E-state index contributed by atoms with van der Waals surface area (Å²) in [6.07, 6.45) is 0.951. The molecule has 2 aromatic rings.